The van der Waals surface area contributed by atoms with Crippen LogP contribution in [0.15, 0.2) is 46.3 Å². The molecule has 1 amide bonds. The minimum absolute atomic E-state index is 0.0216. The van der Waals surface area contributed by atoms with Gasteiger partial charge >= 0.3 is 5.97 Å². The lowest BCUT2D eigenvalue weighted by Gasteiger charge is -2.04. The molecule has 158 valence electrons. The maximum Gasteiger partial charge on any atom is 0.325 e. The van der Waals surface area contributed by atoms with Gasteiger partial charge in [0.15, 0.2) is 10.6 Å². The molecular weight excluding hydrogens is 430 g/mol. The van der Waals surface area contributed by atoms with Crippen LogP contribution in [-0.4, -0.2) is 29.3 Å². The van der Waals surface area contributed by atoms with Gasteiger partial charge in [-0.1, -0.05) is 29.0 Å². The molecule has 0 spiro atoms. The Hall–Kier alpha value is -2.52. The van der Waals surface area contributed by atoms with Crippen molar-refractivity contribution in [3.05, 3.63) is 58.4 Å². The second-order valence-electron chi connectivity index (χ2n) is 6.55. The number of aromatic nitrogens is 1. The van der Waals surface area contributed by atoms with E-state index in [2.05, 4.69) is 9.73 Å². The van der Waals surface area contributed by atoms with Crippen molar-refractivity contribution in [2.24, 2.45) is 4.99 Å². The number of fused-ring (bicyclic) bond motifs is 1. The standard InChI is InChI=1S/C21H20F2N2O3S2/c1-13-5-7-15(8-6-13)29-9-3-4-18(26)24-21-25(12-19(27)28-2)20-16(23)10-14(22)11-17(20)30-21/h5-8,10-11H,3-4,9,12H2,1-2H3. The van der Waals surface area contributed by atoms with Gasteiger partial charge in [0.05, 0.1) is 17.3 Å². The molecule has 0 aliphatic rings. The fraction of sp³-hybridized carbons (Fsp3) is 0.286. The van der Waals surface area contributed by atoms with E-state index in [1.54, 1.807) is 11.8 Å². The summed E-state index contributed by atoms with van der Waals surface area (Å²) in [5.41, 5.74) is 1.21. The van der Waals surface area contributed by atoms with Crippen molar-refractivity contribution in [2.45, 2.75) is 31.2 Å². The van der Waals surface area contributed by atoms with Gasteiger partial charge < -0.3 is 9.30 Å². The van der Waals surface area contributed by atoms with E-state index in [1.165, 1.54) is 17.2 Å². The highest BCUT2D eigenvalue weighted by atomic mass is 32.2. The molecule has 3 rings (SSSR count). The Balaban J connectivity index is 1.75. The third-order valence-electron chi connectivity index (χ3n) is 4.26. The van der Waals surface area contributed by atoms with Crippen molar-refractivity contribution in [3.8, 4) is 0 Å². The summed E-state index contributed by atoms with van der Waals surface area (Å²) in [5, 5.41) is 0. The molecule has 0 fully saturated rings. The minimum atomic E-state index is -0.825. The Morgan fingerprint density at radius 2 is 1.93 bits per heavy atom. The number of thioether (sulfide) groups is 1. The lowest BCUT2D eigenvalue weighted by molar-refractivity contribution is -0.141. The van der Waals surface area contributed by atoms with Crippen LogP contribution in [0.4, 0.5) is 8.78 Å². The van der Waals surface area contributed by atoms with Gasteiger partial charge in [0.1, 0.15) is 12.4 Å². The Morgan fingerprint density at radius 1 is 1.20 bits per heavy atom. The van der Waals surface area contributed by atoms with Gasteiger partial charge in [-0.3, -0.25) is 9.59 Å². The largest absolute Gasteiger partial charge is 0.468 e. The van der Waals surface area contributed by atoms with Gasteiger partial charge in [0, 0.05) is 17.4 Å². The summed E-state index contributed by atoms with van der Waals surface area (Å²) >= 11 is 2.60. The van der Waals surface area contributed by atoms with E-state index in [4.69, 9.17) is 0 Å². The molecule has 0 atom stereocenters. The number of nitrogens with zero attached hydrogens (tertiary/aromatic N) is 2. The number of rotatable bonds is 7. The number of methoxy groups -OCH3 is 1. The zero-order valence-electron chi connectivity index (χ0n) is 16.5. The van der Waals surface area contributed by atoms with Crippen molar-refractivity contribution < 1.29 is 23.1 Å². The molecule has 0 bridgehead atoms. The van der Waals surface area contributed by atoms with E-state index in [0.717, 1.165) is 34.1 Å². The summed E-state index contributed by atoms with van der Waals surface area (Å²) in [4.78, 5) is 29.4. The van der Waals surface area contributed by atoms with E-state index in [-0.39, 0.29) is 33.9 Å². The number of hydrogen-bond acceptors (Lipinski definition) is 5. The van der Waals surface area contributed by atoms with Gasteiger partial charge in [0.2, 0.25) is 5.91 Å². The summed E-state index contributed by atoms with van der Waals surface area (Å²) in [7, 11) is 1.21. The fourth-order valence-electron chi connectivity index (χ4n) is 2.77. The van der Waals surface area contributed by atoms with E-state index in [9.17, 15) is 18.4 Å². The Bertz CT molecular complexity index is 1140. The first-order chi connectivity index (χ1) is 14.4. The van der Waals surface area contributed by atoms with Crippen molar-refractivity contribution in [1.29, 1.82) is 0 Å². The number of amides is 1. The molecule has 1 aromatic heterocycles. The van der Waals surface area contributed by atoms with Crippen LogP contribution in [0.25, 0.3) is 10.2 Å². The summed E-state index contributed by atoms with van der Waals surface area (Å²) < 4.78 is 34.0. The van der Waals surface area contributed by atoms with Gasteiger partial charge in [0.25, 0.3) is 0 Å². The number of benzene rings is 2. The monoisotopic (exact) mass is 450 g/mol. The van der Waals surface area contributed by atoms with Gasteiger partial charge in [-0.2, -0.15) is 4.99 Å². The zero-order chi connectivity index (χ0) is 21.7. The van der Waals surface area contributed by atoms with E-state index >= 15 is 0 Å². The number of carbonyl (C=O) groups excluding carboxylic acids is 2. The molecule has 30 heavy (non-hydrogen) atoms. The van der Waals surface area contributed by atoms with Crippen molar-refractivity contribution >= 4 is 45.2 Å². The number of esters is 1. The molecule has 2 aromatic carbocycles. The molecule has 0 aliphatic heterocycles. The van der Waals surface area contributed by atoms with E-state index in [0.29, 0.717) is 6.42 Å². The molecular formula is C21H20F2N2O3S2. The minimum Gasteiger partial charge on any atom is -0.468 e. The smallest absolute Gasteiger partial charge is 0.325 e. The summed E-state index contributed by atoms with van der Waals surface area (Å²) in [6.45, 7) is 1.70. The average molecular weight is 451 g/mol. The number of ether oxygens (including phenoxy) is 1. The van der Waals surface area contributed by atoms with Crippen LogP contribution >= 0.6 is 23.1 Å². The lowest BCUT2D eigenvalue weighted by Crippen LogP contribution is -2.22. The number of halogens is 2. The normalized spacial score (nSPS) is 11.8. The Morgan fingerprint density at radius 3 is 2.63 bits per heavy atom. The SMILES string of the molecule is COC(=O)Cn1c(=NC(=O)CCCSc2ccc(C)cc2)sc2cc(F)cc(F)c21. The molecule has 5 nitrogen and oxygen atoms in total. The van der Waals surface area contributed by atoms with Crippen LogP contribution in [0.1, 0.15) is 18.4 Å². The summed E-state index contributed by atoms with van der Waals surface area (Å²) in [6.07, 6.45) is 0.827. The molecule has 1 heterocycles. The van der Waals surface area contributed by atoms with Gasteiger partial charge in [-0.15, -0.1) is 11.8 Å². The Labute approximate surface area is 180 Å². The molecule has 0 aliphatic carbocycles. The molecule has 9 heteroatoms. The second kappa shape index (κ2) is 9.99. The van der Waals surface area contributed by atoms with Crippen LogP contribution in [0, 0.1) is 18.6 Å². The lowest BCUT2D eigenvalue weighted by atomic mass is 10.2. The molecule has 0 saturated heterocycles. The average Bonchev–Trinajstić information content (AvgIpc) is 3.03. The third-order valence-corrected chi connectivity index (χ3v) is 6.38. The molecule has 0 saturated carbocycles. The van der Waals surface area contributed by atoms with Gasteiger partial charge in [-0.05, 0) is 37.3 Å². The predicted molar refractivity (Wildman–Crippen MR) is 113 cm³/mol. The maximum atomic E-state index is 14.3. The first-order valence-corrected chi connectivity index (χ1v) is 11.0. The van der Waals surface area contributed by atoms with Crippen LogP contribution in [0.2, 0.25) is 0 Å². The molecule has 0 radical (unpaired) electrons. The van der Waals surface area contributed by atoms with Crippen LogP contribution in [-0.2, 0) is 20.9 Å². The Kier molecular flexibility index (Phi) is 7.38. The molecule has 0 N–H and O–H groups in total. The van der Waals surface area contributed by atoms with E-state index < -0.39 is 17.6 Å². The van der Waals surface area contributed by atoms with Crippen LogP contribution in [0.3, 0.4) is 0 Å². The fourth-order valence-corrected chi connectivity index (χ4v) is 4.70. The third kappa shape index (κ3) is 5.54. The summed E-state index contributed by atoms with van der Waals surface area (Å²) in [5.74, 6) is -1.82. The topological polar surface area (TPSA) is 60.7 Å². The highest BCUT2D eigenvalue weighted by Crippen LogP contribution is 2.23. The first kappa shape index (κ1) is 22.2. The summed E-state index contributed by atoms with van der Waals surface area (Å²) in [6, 6.07) is 10.0. The highest BCUT2D eigenvalue weighted by molar-refractivity contribution is 7.99. The van der Waals surface area contributed by atoms with Crippen molar-refractivity contribution in [1.82, 2.24) is 4.57 Å². The van der Waals surface area contributed by atoms with E-state index in [1.807, 2.05) is 31.2 Å². The number of hydrogen-bond donors (Lipinski definition) is 0. The zero-order valence-corrected chi connectivity index (χ0v) is 18.1. The highest BCUT2D eigenvalue weighted by Gasteiger charge is 2.16. The van der Waals surface area contributed by atoms with Crippen LogP contribution in [0.5, 0.6) is 0 Å². The number of carbonyl (C=O) groups is 2. The number of aryl methyl sites for hydroxylation is 1. The molecule has 0 unspecified atom stereocenters. The quantitative estimate of drug-likeness (QED) is 0.303. The number of thiazole rings is 1. The van der Waals surface area contributed by atoms with Crippen LogP contribution < -0.4 is 4.80 Å². The van der Waals surface area contributed by atoms with Crippen molar-refractivity contribution in [2.75, 3.05) is 12.9 Å². The second-order valence-corrected chi connectivity index (χ2v) is 8.73. The first-order valence-electron chi connectivity index (χ1n) is 9.19. The van der Waals surface area contributed by atoms with Gasteiger partial charge in [-0.25, -0.2) is 8.78 Å². The maximum absolute atomic E-state index is 14.3. The molecule has 3 aromatic rings. The van der Waals surface area contributed by atoms with Crippen molar-refractivity contribution in [3.63, 3.8) is 0 Å². The predicted octanol–water partition coefficient (Wildman–Crippen LogP) is 4.46.